The maximum atomic E-state index is 12.8. The van der Waals surface area contributed by atoms with Gasteiger partial charge in [0.05, 0.1) is 11.9 Å². The average molecular weight is 387 g/mol. The van der Waals surface area contributed by atoms with Gasteiger partial charge in [0.1, 0.15) is 11.6 Å². The Morgan fingerprint density at radius 1 is 1.00 bits per heavy atom. The quantitative estimate of drug-likeness (QED) is 0.416. The molecule has 8 heteroatoms. The van der Waals surface area contributed by atoms with Crippen LogP contribution in [0.3, 0.4) is 0 Å². The highest BCUT2D eigenvalue weighted by atomic mass is 16.7. The molecule has 0 saturated carbocycles. The van der Waals surface area contributed by atoms with Gasteiger partial charge in [-0.25, -0.2) is 0 Å². The SMILES string of the molecule is N#C/C(=C\c1cn[nH]c1-c1ccc2c(c1)OCO2)C(=O)c1ccc2c(c1)OCO2. The van der Waals surface area contributed by atoms with E-state index in [1.54, 1.807) is 30.5 Å². The van der Waals surface area contributed by atoms with Crippen LogP contribution in [0.25, 0.3) is 17.3 Å². The van der Waals surface area contributed by atoms with Crippen molar-refractivity contribution in [3.63, 3.8) is 0 Å². The number of ketones is 1. The molecule has 5 rings (SSSR count). The van der Waals surface area contributed by atoms with Crippen LogP contribution in [0.2, 0.25) is 0 Å². The molecule has 0 amide bonds. The van der Waals surface area contributed by atoms with E-state index in [9.17, 15) is 10.1 Å². The zero-order valence-corrected chi connectivity index (χ0v) is 15.0. The van der Waals surface area contributed by atoms with Crippen LogP contribution < -0.4 is 18.9 Å². The van der Waals surface area contributed by atoms with Gasteiger partial charge >= 0.3 is 0 Å². The normalized spacial score (nSPS) is 14.0. The standard InChI is InChI=1S/C21H13N3O5/c22-8-14(21(25)13-2-4-17-19(7-13)29-11-27-17)5-15-9-23-24-20(15)12-1-3-16-18(6-12)28-10-26-16/h1-7,9H,10-11H2,(H,23,24)/b14-5+. The molecular formula is C21H13N3O5. The van der Waals surface area contributed by atoms with Gasteiger partial charge in [0.25, 0.3) is 0 Å². The van der Waals surface area contributed by atoms with Gasteiger partial charge in [-0.05, 0) is 42.5 Å². The third-order valence-electron chi connectivity index (χ3n) is 4.63. The first-order valence-corrected chi connectivity index (χ1v) is 8.72. The Balaban J connectivity index is 1.49. The van der Waals surface area contributed by atoms with E-state index >= 15 is 0 Å². The Bertz CT molecular complexity index is 1210. The summed E-state index contributed by atoms with van der Waals surface area (Å²) in [4.78, 5) is 12.8. The molecule has 1 N–H and O–H groups in total. The summed E-state index contributed by atoms with van der Waals surface area (Å²) >= 11 is 0. The minimum atomic E-state index is -0.413. The van der Waals surface area contributed by atoms with Crippen molar-refractivity contribution in [2.24, 2.45) is 0 Å². The van der Waals surface area contributed by atoms with Crippen molar-refractivity contribution in [1.82, 2.24) is 10.2 Å². The number of nitrogens with one attached hydrogen (secondary N) is 1. The second-order valence-electron chi connectivity index (χ2n) is 6.34. The van der Waals surface area contributed by atoms with Gasteiger partial charge in [-0.2, -0.15) is 10.4 Å². The van der Waals surface area contributed by atoms with Crippen LogP contribution in [-0.2, 0) is 0 Å². The number of allylic oxidation sites excluding steroid dienone is 1. The minimum absolute atomic E-state index is 0.0211. The summed E-state index contributed by atoms with van der Waals surface area (Å²) in [6.07, 6.45) is 3.07. The molecular weight excluding hydrogens is 374 g/mol. The molecule has 29 heavy (non-hydrogen) atoms. The largest absolute Gasteiger partial charge is 0.454 e. The van der Waals surface area contributed by atoms with Gasteiger partial charge in [0.15, 0.2) is 23.0 Å². The number of hydrogen-bond donors (Lipinski definition) is 1. The van der Waals surface area contributed by atoms with Crippen molar-refractivity contribution in [1.29, 1.82) is 5.26 Å². The summed E-state index contributed by atoms with van der Waals surface area (Å²) in [5.74, 6) is 1.94. The summed E-state index contributed by atoms with van der Waals surface area (Å²) < 4.78 is 21.3. The smallest absolute Gasteiger partial charge is 0.231 e. The lowest BCUT2D eigenvalue weighted by Gasteiger charge is -2.04. The highest BCUT2D eigenvalue weighted by Crippen LogP contribution is 2.37. The van der Waals surface area contributed by atoms with E-state index in [-0.39, 0.29) is 19.2 Å². The number of fused-ring (bicyclic) bond motifs is 2. The molecule has 2 aliphatic heterocycles. The monoisotopic (exact) mass is 387 g/mol. The van der Waals surface area contributed by atoms with Crippen molar-refractivity contribution >= 4 is 11.9 Å². The number of benzene rings is 2. The van der Waals surface area contributed by atoms with Gasteiger partial charge in [-0.15, -0.1) is 0 Å². The maximum Gasteiger partial charge on any atom is 0.231 e. The van der Waals surface area contributed by atoms with Crippen LogP contribution in [0.4, 0.5) is 0 Å². The van der Waals surface area contributed by atoms with Crippen molar-refractivity contribution < 1.29 is 23.7 Å². The average Bonchev–Trinajstić information content (AvgIpc) is 3.50. The minimum Gasteiger partial charge on any atom is -0.454 e. The predicted molar refractivity (Wildman–Crippen MR) is 101 cm³/mol. The number of hydrogen-bond acceptors (Lipinski definition) is 7. The predicted octanol–water partition coefficient (Wildman–Crippen LogP) is 3.32. The van der Waals surface area contributed by atoms with Crippen molar-refractivity contribution in [2.75, 3.05) is 13.6 Å². The second-order valence-corrected chi connectivity index (χ2v) is 6.34. The molecule has 0 spiro atoms. The number of nitriles is 1. The first-order chi connectivity index (χ1) is 14.2. The summed E-state index contributed by atoms with van der Waals surface area (Å²) in [7, 11) is 0. The lowest BCUT2D eigenvalue weighted by Crippen LogP contribution is -2.02. The van der Waals surface area contributed by atoms with Crippen molar-refractivity contribution in [2.45, 2.75) is 0 Å². The fourth-order valence-corrected chi connectivity index (χ4v) is 3.19. The number of aromatic amines is 1. The second kappa shape index (κ2) is 6.73. The topological polar surface area (TPSA) is 106 Å². The van der Waals surface area contributed by atoms with Gasteiger partial charge in [-0.3, -0.25) is 9.89 Å². The van der Waals surface area contributed by atoms with Gasteiger partial charge in [0, 0.05) is 16.7 Å². The molecule has 0 bridgehead atoms. The van der Waals surface area contributed by atoms with E-state index in [0.29, 0.717) is 39.8 Å². The summed E-state index contributed by atoms with van der Waals surface area (Å²) in [5.41, 5.74) is 2.39. The van der Waals surface area contributed by atoms with Crippen LogP contribution >= 0.6 is 0 Å². The number of carbonyl (C=O) groups excluding carboxylic acids is 1. The van der Waals surface area contributed by atoms with E-state index in [4.69, 9.17) is 18.9 Å². The molecule has 3 aromatic rings. The number of H-pyrrole nitrogens is 1. The Labute approximate surface area is 164 Å². The molecule has 142 valence electrons. The van der Waals surface area contributed by atoms with Crippen LogP contribution in [0.15, 0.2) is 48.2 Å². The summed E-state index contributed by atoms with van der Waals surface area (Å²) in [5, 5.41) is 16.5. The van der Waals surface area contributed by atoms with Crippen LogP contribution in [0.1, 0.15) is 15.9 Å². The maximum absolute atomic E-state index is 12.8. The van der Waals surface area contributed by atoms with E-state index in [2.05, 4.69) is 10.2 Å². The molecule has 0 fully saturated rings. The Hall–Kier alpha value is -4.25. The lowest BCUT2D eigenvalue weighted by molar-refractivity contribution is 0.103. The molecule has 0 aliphatic carbocycles. The van der Waals surface area contributed by atoms with E-state index in [1.165, 1.54) is 6.08 Å². The van der Waals surface area contributed by atoms with Gasteiger partial charge in [0.2, 0.25) is 19.4 Å². The highest BCUT2D eigenvalue weighted by molar-refractivity contribution is 6.14. The zero-order chi connectivity index (χ0) is 19.8. The number of nitrogens with zero attached hydrogens (tertiary/aromatic N) is 2. The molecule has 0 radical (unpaired) electrons. The molecule has 8 nitrogen and oxygen atoms in total. The zero-order valence-electron chi connectivity index (χ0n) is 15.0. The molecule has 2 aromatic carbocycles. The molecule has 0 atom stereocenters. The van der Waals surface area contributed by atoms with Crippen LogP contribution in [0, 0.1) is 11.3 Å². The van der Waals surface area contributed by atoms with Gasteiger partial charge < -0.3 is 18.9 Å². The fraction of sp³-hybridized carbons (Fsp3) is 0.0952. The lowest BCUT2D eigenvalue weighted by atomic mass is 10.00. The van der Waals surface area contributed by atoms with Crippen LogP contribution in [-0.4, -0.2) is 29.6 Å². The van der Waals surface area contributed by atoms with E-state index in [1.807, 2.05) is 18.2 Å². The van der Waals surface area contributed by atoms with Crippen LogP contribution in [0.5, 0.6) is 23.0 Å². The third-order valence-corrected chi connectivity index (χ3v) is 4.63. The number of aromatic nitrogens is 2. The third kappa shape index (κ3) is 2.95. The molecule has 2 aliphatic rings. The molecule has 0 saturated heterocycles. The van der Waals surface area contributed by atoms with E-state index < -0.39 is 5.78 Å². The summed E-state index contributed by atoms with van der Waals surface area (Å²) in [6, 6.07) is 12.3. The number of Topliss-reactive ketones (excluding diaryl/α,β-unsaturated/α-hetero) is 1. The van der Waals surface area contributed by atoms with E-state index in [0.717, 1.165) is 5.56 Å². The molecule has 0 unspecified atom stereocenters. The number of carbonyl (C=O) groups is 1. The number of rotatable bonds is 4. The molecule has 1 aromatic heterocycles. The first-order valence-electron chi connectivity index (χ1n) is 8.72. The Morgan fingerprint density at radius 2 is 1.69 bits per heavy atom. The Kier molecular flexibility index (Phi) is 3.92. The van der Waals surface area contributed by atoms with Gasteiger partial charge in [-0.1, -0.05) is 0 Å². The Morgan fingerprint density at radius 3 is 2.45 bits per heavy atom. The highest BCUT2D eigenvalue weighted by Gasteiger charge is 2.20. The van der Waals surface area contributed by atoms with Crippen molar-refractivity contribution in [3.8, 4) is 40.3 Å². The summed E-state index contributed by atoms with van der Waals surface area (Å²) in [6.45, 7) is 0.291. The van der Waals surface area contributed by atoms with Crippen molar-refractivity contribution in [3.05, 3.63) is 59.3 Å². The fourth-order valence-electron chi connectivity index (χ4n) is 3.19. The number of ether oxygens (including phenoxy) is 4. The first kappa shape index (κ1) is 16.9. The molecule has 3 heterocycles.